The highest BCUT2D eigenvalue weighted by Gasteiger charge is 2.36. The summed E-state index contributed by atoms with van der Waals surface area (Å²) < 4.78 is 1.93. The van der Waals surface area contributed by atoms with Crippen molar-refractivity contribution in [3.05, 3.63) is 29.7 Å². The summed E-state index contributed by atoms with van der Waals surface area (Å²) in [5.41, 5.74) is 3.00. The summed E-state index contributed by atoms with van der Waals surface area (Å²) in [6.07, 6.45) is 4.02. The third kappa shape index (κ3) is 2.88. The Hall–Kier alpha value is -2.44. The van der Waals surface area contributed by atoms with E-state index in [4.69, 9.17) is 0 Å². The molecule has 0 aromatic carbocycles. The number of nitrogens with zero attached hydrogens (tertiary/aromatic N) is 5. The number of aryl methyl sites for hydroxylation is 1. The van der Waals surface area contributed by atoms with Crippen LogP contribution in [0.1, 0.15) is 36.6 Å². The molecule has 0 aliphatic carbocycles. The van der Waals surface area contributed by atoms with Gasteiger partial charge >= 0.3 is 0 Å². The average molecular weight is 341 g/mol. The normalized spacial score (nSPS) is 22.2. The monoisotopic (exact) mass is 341 g/mol. The number of likely N-dealkylation sites (tertiary alicyclic amines) is 2. The molecule has 0 N–H and O–H groups in total. The Kier molecular flexibility index (Phi) is 3.94. The molecule has 2 fully saturated rings. The van der Waals surface area contributed by atoms with E-state index in [1.54, 1.807) is 11.9 Å². The SMILES string of the molecule is Cc1cc2nccc(C3CCN(C(=O)[C@@H]4CC(=O)N(C)C4)CC3)n2n1. The lowest BCUT2D eigenvalue weighted by Gasteiger charge is -2.33. The van der Waals surface area contributed by atoms with Crippen LogP contribution in [0, 0.1) is 12.8 Å². The van der Waals surface area contributed by atoms with Crippen LogP contribution in [0.15, 0.2) is 18.3 Å². The maximum atomic E-state index is 12.7. The summed E-state index contributed by atoms with van der Waals surface area (Å²) in [6.45, 7) is 4.00. The number of hydrogen-bond acceptors (Lipinski definition) is 4. The first-order valence-electron chi connectivity index (χ1n) is 8.87. The van der Waals surface area contributed by atoms with E-state index >= 15 is 0 Å². The van der Waals surface area contributed by atoms with Gasteiger partial charge in [-0.2, -0.15) is 5.10 Å². The number of rotatable bonds is 2. The molecule has 0 bridgehead atoms. The van der Waals surface area contributed by atoms with Crippen LogP contribution >= 0.6 is 0 Å². The number of hydrogen-bond donors (Lipinski definition) is 0. The molecule has 0 saturated carbocycles. The van der Waals surface area contributed by atoms with Crippen LogP contribution in [0.2, 0.25) is 0 Å². The number of aromatic nitrogens is 3. The minimum atomic E-state index is -0.171. The van der Waals surface area contributed by atoms with E-state index in [1.807, 2.05) is 34.7 Å². The minimum absolute atomic E-state index is 0.0708. The molecule has 0 radical (unpaired) electrons. The third-order valence-corrected chi connectivity index (χ3v) is 5.42. The van der Waals surface area contributed by atoms with E-state index in [9.17, 15) is 9.59 Å². The van der Waals surface area contributed by atoms with Gasteiger partial charge in [0.1, 0.15) is 0 Å². The molecular weight excluding hydrogens is 318 g/mol. The summed E-state index contributed by atoms with van der Waals surface area (Å²) in [6, 6.07) is 4.02. The Bertz CT molecular complexity index is 822. The van der Waals surface area contributed by atoms with E-state index in [1.165, 1.54) is 5.69 Å². The van der Waals surface area contributed by atoms with Crippen LogP contribution in [0.25, 0.3) is 5.65 Å². The number of piperidine rings is 1. The van der Waals surface area contributed by atoms with Crippen LogP contribution < -0.4 is 0 Å². The molecule has 2 aliphatic heterocycles. The zero-order valence-corrected chi connectivity index (χ0v) is 14.7. The van der Waals surface area contributed by atoms with Crippen molar-refractivity contribution >= 4 is 17.5 Å². The molecule has 4 rings (SSSR count). The summed E-state index contributed by atoms with van der Waals surface area (Å²) in [4.78, 5) is 32.3. The van der Waals surface area contributed by atoms with E-state index < -0.39 is 0 Å². The third-order valence-electron chi connectivity index (χ3n) is 5.42. The van der Waals surface area contributed by atoms with E-state index in [-0.39, 0.29) is 17.7 Å². The number of fused-ring (bicyclic) bond motifs is 1. The molecule has 2 aromatic heterocycles. The lowest BCUT2D eigenvalue weighted by atomic mass is 9.92. The van der Waals surface area contributed by atoms with Crippen molar-refractivity contribution in [2.75, 3.05) is 26.7 Å². The van der Waals surface area contributed by atoms with Crippen LogP contribution in [0.3, 0.4) is 0 Å². The van der Waals surface area contributed by atoms with Crippen molar-refractivity contribution in [1.82, 2.24) is 24.4 Å². The van der Waals surface area contributed by atoms with Gasteiger partial charge in [-0.25, -0.2) is 9.50 Å². The van der Waals surface area contributed by atoms with Gasteiger partial charge in [0.15, 0.2) is 5.65 Å². The lowest BCUT2D eigenvalue weighted by molar-refractivity contribution is -0.136. The van der Waals surface area contributed by atoms with Gasteiger partial charge in [0.2, 0.25) is 11.8 Å². The zero-order chi connectivity index (χ0) is 17.6. The second-order valence-corrected chi connectivity index (χ2v) is 7.20. The summed E-state index contributed by atoms with van der Waals surface area (Å²) in [5.74, 6) is 0.407. The zero-order valence-electron chi connectivity index (χ0n) is 14.7. The fourth-order valence-corrected chi connectivity index (χ4v) is 4.02. The second-order valence-electron chi connectivity index (χ2n) is 7.20. The fraction of sp³-hybridized carbons (Fsp3) is 0.556. The minimum Gasteiger partial charge on any atom is -0.345 e. The molecule has 7 heteroatoms. The van der Waals surface area contributed by atoms with Gasteiger partial charge < -0.3 is 9.80 Å². The molecule has 4 heterocycles. The smallest absolute Gasteiger partial charge is 0.227 e. The summed E-state index contributed by atoms with van der Waals surface area (Å²) >= 11 is 0. The highest BCUT2D eigenvalue weighted by molar-refractivity contribution is 5.89. The molecule has 0 spiro atoms. The number of carbonyl (C=O) groups excluding carboxylic acids is 2. The number of amides is 2. The molecule has 132 valence electrons. The highest BCUT2D eigenvalue weighted by Crippen LogP contribution is 2.29. The van der Waals surface area contributed by atoms with Crippen LogP contribution in [0.5, 0.6) is 0 Å². The summed E-state index contributed by atoms with van der Waals surface area (Å²) in [5, 5.41) is 4.55. The maximum absolute atomic E-state index is 12.7. The maximum Gasteiger partial charge on any atom is 0.227 e. The number of carbonyl (C=O) groups is 2. The van der Waals surface area contributed by atoms with Crippen molar-refractivity contribution in [3.8, 4) is 0 Å². The standard InChI is InChI=1S/C18H23N5O2/c1-12-9-16-19-6-3-15(23(16)20-12)13-4-7-22(8-5-13)18(25)14-10-17(24)21(2)11-14/h3,6,9,13-14H,4-5,7-8,10-11H2,1-2H3/t14-/m1/s1. The van der Waals surface area contributed by atoms with Gasteiger partial charge in [-0.1, -0.05) is 0 Å². The molecule has 7 nitrogen and oxygen atoms in total. The molecule has 2 aliphatic rings. The van der Waals surface area contributed by atoms with Crippen LogP contribution in [-0.2, 0) is 9.59 Å². The van der Waals surface area contributed by atoms with Crippen molar-refractivity contribution in [1.29, 1.82) is 0 Å². The molecule has 2 amide bonds. The Balaban J connectivity index is 1.44. The Morgan fingerprint density at radius 3 is 2.72 bits per heavy atom. The quantitative estimate of drug-likeness (QED) is 0.823. The van der Waals surface area contributed by atoms with Gasteiger partial charge in [0.25, 0.3) is 0 Å². The highest BCUT2D eigenvalue weighted by atomic mass is 16.2. The van der Waals surface area contributed by atoms with Gasteiger partial charge in [-0.05, 0) is 25.8 Å². The van der Waals surface area contributed by atoms with E-state index in [0.717, 1.165) is 37.3 Å². The van der Waals surface area contributed by atoms with Crippen LogP contribution in [-0.4, -0.2) is 62.9 Å². The first-order valence-corrected chi connectivity index (χ1v) is 8.87. The fourth-order valence-electron chi connectivity index (χ4n) is 4.02. The second kappa shape index (κ2) is 6.13. The lowest BCUT2D eigenvalue weighted by Crippen LogP contribution is -2.42. The molecule has 0 unspecified atom stereocenters. The van der Waals surface area contributed by atoms with Gasteiger partial charge in [-0.15, -0.1) is 0 Å². The first-order chi connectivity index (χ1) is 12.0. The predicted molar refractivity (Wildman–Crippen MR) is 92.0 cm³/mol. The largest absolute Gasteiger partial charge is 0.345 e. The predicted octanol–water partition coefficient (Wildman–Crippen LogP) is 1.22. The van der Waals surface area contributed by atoms with Crippen molar-refractivity contribution in [3.63, 3.8) is 0 Å². The molecule has 2 saturated heterocycles. The van der Waals surface area contributed by atoms with Crippen molar-refractivity contribution in [2.24, 2.45) is 5.92 Å². The Labute approximate surface area is 146 Å². The van der Waals surface area contributed by atoms with Crippen LogP contribution in [0.4, 0.5) is 0 Å². The molecular formula is C18H23N5O2. The Morgan fingerprint density at radius 2 is 2.04 bits per heavy atom. The van der Waals surface area contributed by atoms with E-state index in [0.29, 0.717) is 18.9 Å². The molecule has 25 heavy (non-hydrogen) atoms. The van der Waals surface area contributed by atoms with Gasteiger partial charge in [-0.3, -0.25) is 9.59 Å². The molecule has 2 aromatic rings. The first kappa shape index (κ1) is 16.1. The van der Waals surface area contributed by atoms with Crippen molar-refractivity contribution < 1.29 is 9.59 Å². The Morgan fingerprint density at radius 1 is 1.28 bits per heavy atom. The van der Waals surface area contributed by atoms with Gasteiger partial charge in [0.05, 0.1) is 11.6 Å². The topological polar surface area (TPSA) is 70.8 Å². The van der Waals surface area contributed by atoms with Crippen molar-refractivity contribution in [2.45, 2.75) is 32.1 Å². The molecule has 1 atom stereocenters. The average Bonchev–Trinajstić information content (AvgIpc) is 3.15. The summed E-state index contributed by atoms with van der Waals surface area (Å²) in [7, 11) is 1.77. The van der Waals surface area contributed by atoms with E-state index in [2.05, 4.69) is 10.1 Å². The van der Waals surface area contributed by atoms with Gasteiger partial charge in [0, 0.05) is 57.0 Å².